The SMILES string of the molecule is CC(NCCCCN)c1ccc(Cl)c(Cl)c1. The van der Waals surface area contributed by atoms with Gasteiger partial charge in [-0.15, -0.1) is 0 Å². The van der Waals surface area contributed by atoms with Gasteiger partial charge in [0.05, 0.1) is 10.0 Å². The molecule has 1 unspecified atom stereocenters. The van der Waals surface area contributed by atoms with E-state index in [1.165, 1.54) is 0 Å². The lowest BCUT2D eigenvalue weighted by Gasteiger charge is -2.14. The van der Waals surface area contributed by atoms with Crippen LogP contribution in [0.2, 0.25) is 10.0 Å². The minimum absolute atomic E-state index is 0.285. The van der Waals surface area contributed by atoms with Crippen molar-refractivity contribution in [2.45, 2.75) is 25.8 Å². The van der Waals surface area contributed by atoms with E-state index in [0.29, 0.717) is 10.0 Å². The van der Waals surface area contributed by atoms with E-state index in [1.54, 1.807) is 0 Å². The van der Waals surface area contributed by atoms with Gasteiger partial charge in [-0.25, -0.2) is 0 Å². The van der Waals surface area contributed by atoms with Crippen molar-refractivity contribution < 1.29 is 0 Å². The molecule has 0 spiro atoms. The standard InChI is InChI=1S/C12H18Cl2N2/c1-9(16-7-3-2-6-15)10-4-5-11(13)12(14)8-10/h4-5,8-9,16H,2-3,6-7,15H2,1H3. The van der Waals surface area contributed by atoms with Crippen LogP contribution in [-0.4, -0.2) is 13.1 Å². The highest BCUT2D eigenvalue weighted by molar-refractivity contribution is 6.42. The number of nitrogens with two attached hydrogens (primary N) is 1. The van der Waals surface area contributed by atoms with Gasteiger partial charge in [-0.05, 0) is 50.6 Å². The topological polar surface area (TPSA) is 38.0 Å². The Morgan fingerprint density at radius 2 is 2.00 bits per heavy atom. The van der Waals surface area contributed by atoms with Crippen LogP contribution in [0.5, 0.6) is 0 Å². The summed E-state index contributed by atoms with van der Waals surface area (Å²) in [5.74, 6) is 0. The summed E-state index contributed by atoms with van der Waals surface area (Å²) in [7, 11) is 0. The first-order valence-corrected chi connectivity index (χ1v) is 6.29. The smallest absolute Gasteiger partial charge is 0.0595 e. The van der Waals surface area contributed by atoms with Crippen LogP contribution >= 0.6 is 23.2 Å². The summed E-state index contributed by atoms with van der Waals surface area (Å²) in [5, 5.41) is 4.63. The van der Waals surface area contributed by atoms with E-state index < -0.39 is 0 Å². The number of rotatable bonds is 6. The number of halogens is 2. The van der Waals surface area contributed by atoms with Gasteiger partial charge in [0.15, 0.2) is 0 Å². The molecule has 1 aromatic carbocycles. The van der Waals surface area contributed by atoms with Crippen molar-refractivity contribution in [3.8, 4) is 0 Å². The number of hydrogen-bond donors (Lipinski definition) is 2. The normalized spacial score (nSPS) is 12.8. The van der Waals surface area contributed by atoms with Gasteiger partial charge in [0, 0.05) is 6.04 Å². The third-order valence-electron chi connectivity index (χ3n) is 2.53. The molecule has 90 valence electrons. The molecule has 0 aliphatic rings. The predicted molar refractivity (Wildman–Crippen MR) is 71.2 cm³/mol. The summed E-state index contributed by atoms with van der Waals surface area (Å²) in [6.45, 7) is 3.84. The molecule has 0 amide bonds. The van der Waals surface area contributed by atoms with Gasteiger partial charge in [0.2, 0.25) is 0 Å². The zero-order chi connectivity index (χ0) is 12.0. The molecule has 0 saturated heterocycles. The molecular weight excluding hydrogens is 243 g/mol. The first-order valence-electron chi connectivity index (χ1n) is 5.53. The monoisotopic (exact) mass is 260 g/mol. The molecule has 0 aliphatic heterocycles. The van der Waals surface area contributed by atoms with E-state index in [1.807, 2.05) is 18.2 Å². The first kappa shape index (κ1) is 13.8. The fourth-order valence-electron chi connectivity index (χ4n) is 1.49. The molecule has 0 aliphatic carbocycles. The number of nitrogens with one attached hydrogen (secondary N) is 1. The molecule has 1 atom stereocenters. The molecule has 3 N–H and O–H groups in total. The van der Waals surface area contributed by atoms with Gasteiger partial charge >= 0.3 is 0 Å². The van der Waals surface area contributed by atoms with Gasteiger partial charge in [-0.2, -0.15) is 0 Å². The van der Waals surface area contributed by atoms with Crippen molar-refractivity contribution in [1.29, 1.82) is 0 Å². The molecule has 0 bridgehead atoms. The zero-order valence-corrected chi connectivity index (χ0v) is 11.0. The van der Waals surface area contributed by atoms with Crippen LogP contribution in [0, 0.1) is 0 Å². The van der Waals surface area contributed by atoms with E-state index >= 15 is 0 Å². The number of unbranched alkanes of at least 4 members (excludes halogenated alkanes) is 1. The highest BCUT2D eigenvalue weighted by atomic mass is 35.5. The summed E-state index contributed by atoms with van der Waals surface area (Å²) in [6, 6.07) is 6.02. The molecule has 0 radical (unpaired) electrons. The number of benzene rings is 1. The molecule has 1 aromatic rings. The van der Waals surface area contributed by atoms with Crippen molar-refractivity contribution in [3.63, 3.8) is 0 Å². The summed E-state index contributed by atoms with van der Waals surface area (Å²) >= 11 is 11.8. The molecule has 2 nitrogen and oxygen atoms in total. The minimum Gasteiger partial charge on any atom is -0.330 e. The molecule has 0 saturated carbocycles. The summed E-state index contributed by atoms with van der Waals surface area (Å²) in [4.78, 5) is 0. The quantitative estimate of drug-likeness (QED) is 0.770. The van der Waals surface area contributed by atoms with E-state index in [2.05, 4.69) is 12.2 Å². The molecule has 1 rings (SSSR count). The second-order valence-corrected chi connectivity index (χ2v) is 4.66. The fourth-order valence-corrected chi connectivity index (χ4v) is 1.79. The maximum atomic E-state index is 5.97. The van der Waals surface area contributed by atoms with Crippen LogP contribution in [0.15, 0.2) is 18.2 Å². The van der Waals surface area contributed by atoms with Crippen LogP contribution in [0.25, 0.3) is 0 Å². The van der Waals surface area contributed by atoms with Crippen LogP contribution < -0.4 is 11.1 Å². The Kier molecular flexibility index (Phi) is 6.14. The summed E-state index contributed by atoms with van der Waals surface area (Å²) < 4.78 is 0. The Bertz CT molecular complexity index is 329. The van der Waals surface area contributed by atoms with Gasteiger partial charge in [0.1, 0.15) is 0 Å². The maximum absolute atomic E-state index is 5.97. The molecule has 0 heterocycles. The lowest BCUT2D eigenvalue weighted by Crippen LogP contribution is -2.20. The highest BCUT2D eigenvalue weighted by Gasteiger charge is 2.06. The van der Waals surface area contributed by atoms with E-state index in [0.717, 1.165) is 31.5 Å². The average molecular weight is 261 g/mol. The summed E-state index contributed by atoms with van der Waals surface area (Å²) in [6.07, 6.45) is 2.16. The van der Waals surface area contributed by atoms with E-state index in [-0.39, 0.29) is 6.04 Å². The lowest BCUT2D eigenvalue weighted by atomic mass is 10.1. The van der Waals surface area contributed by atoms with E-state index in [4.69, 9.17) is 28.9 Å². The van der Waals surface area contributed by atoms with Crippen molar-refractivity contribution in [1.82, 2.24) is 5.32 Å². The second kappa shape index (κ2) is 7.13. The molecule has 0 aromatic heterocycles. The Morgan fingerprint density at radius 3 is 2.62 bits per heavy atom. The molecular formula is C12H18Cl2N2. The van der Waals surface area contributed by atoms with Gasteiger partial charge < -0.3 is 11.1 Å². The van der Waals surface area contributed by atoms with Crippen LogP contribution in [0.1, 0.15) is 31.4 Å². The molecule has 4 heteroatoms. The maximum Gasteiger partial charge on any atom is 0.0595 e. The largest absolute Gasteiger partial charge is 0.330 e. The lowest BCUT2D eigenvalue weighted by molar-refractivity contribution is 0.549. The third-order valence-corrected chi connectivity index (χ3v) is 3.26. The second-order valence-electron chi connectivity index (χ2n) is 3.85. The van der Waals surface area contributed by atoms with Crippen LogP contribution in [-0.2, 0) is 0 Å². The third kappa shape index (κ3) is 4.30. The zero-order valence-electron chi connectivity index (χ0n) is 9.47. The summed E-state index contributed by atoms with van der Waals surface area (Å²) in [5.41, 5.74) is 6.59. The Balaban J connectivity index is 2.46. The molecule has 0 fully saturated rings. The Hall–Kier alpha value is -0.280. The molecule has 16 heavy (non-hydrogen) atoms. The van der Waals surface area contributed by atoms with Crippen molar-refractivity contribution >= 4 is 23.2 Å². The van der Waals surface area contributed by atoms with Crippen molar-refractivity contribution in [2.75, 3.05) is 13.1 Å². The van der Waals surface area contributed by atoms with Gasteiger partial charge in [-0.1, -0.05) is 29.3 Å². The van der Waals surface area contributed by atoms with Crippen molar-refractivity contribution in [3.05, 3.63) is 33.8 Å². The average Bonchev–Trinajstić information content (AvgIpc) is 2.28. The number of hydrogen-bond acceptors (Lipinski definition) is 2. The Morgan fingerprint density at radius 1 is 1.25 bits per heavy atom. The highest BCUT2D eigenvalue weighted by Crippen LogP contribution is 2.25. The Labute approximate surface area is 107 Å². The van der Waals surface area contributed by atoms with Crippen LogP contribution in [0.4, 0.5) is 0 Å². The van der Waals surface area contributed by atoms with Crippen LogP contribution in [0.3, 0.4) is 0 Å². The fraction of sp³-hybridized carbons (Fsp3) is 0.500. The van der Waals surface area contributed by atoms with Gasteiger partial charge in [-0.3, -0.25) is 0 Å². The van der Waals surface area contributed by atoms with Gasteiger partial charge in [0.25, 0.3) is 0 Å². The minimum atomic E-state index is 0.285. The van der Waals surface area contributed by atoms with Crippen molar-refractivity contribution in [2.24, 2.45) is 5.73 Å². The first-order chi connectivity index (χ1) is 7.65. The van der Waals surface area contributed by atoms with E-state index in [9.17, 15) is 0 Å². The predicted octanol–water partition coefficient (Wildman–Crippen LogP) is 3.38.